The van der Waals surface area contributed by atoms with Gasteiger partial charge in [0.2, 0.25) is 5.54 Å². The van der Waals surface area contributed by atoms with Crippen molar-refractivity contribution in [1.29, 1.82) is 0 Å². The standard InChI is InChI=1S/C17H14F3N/c1-13-7-5-6-10-15(13)16(21,17(18,19)20)12-11-14-8-3-2-4-9-14/h2-10H,21H2,1H3. The molecule has 21 heavy (non-hydrogen) atoms. The summed E-state index contributed by atoms with van der Waals surface area (Å²) < 4.78 is 40.3. The molecule has 0 saturated carbocycles. The van der Waals surface area contributed by atoms with Crippen molar-refractivity contribution in [3.8, 4) is 11.8 Å². The van der Waals surface area contributed by atoms with Gasteiger partial charge in [0.05, 0.1) is 0 Å². The second kappa shape index (κ2) is 5.63. The Balaban J connectivity index is 2.55. The van der Waals surface area contributed by atoms with Crippen molar-refractivity contribution in [2.24, 2.45) is 5.73 Å². The predicted molar refractivity (Wildman–Crippen MR) is 76.4 cm³/mol. The maximum atomic E-state index is 13.4. The summed E-state index contributed by atoms with van der Waals surface area (Å²) in [4.78, 5) is 0. The van der Waals surface area contributed by atoms with Crippen LogP contribution in [0.3, 0.4) is 0 Å². The molecule has 108 valence electrons. The van der Waals surface area contributed by atoms with Crippen LogP contribution in [0, 0.1) is 18.8 Å². The lowest BCUT2D eigenvalue weighted by Gasteiger charge is -2.28. The second-order valence-corrected chi connectivity index (χ2v) is 4.74. The molecule has 2 aromatic rings. The van der Waals surface area contributed by atoms with Crippen LogP contribution >= 0.6 is 0 Å². The van der Waals surface area contributed by atoms with Crippen molar-refractivity contribution < 1.29 is 13.2 Å². The Bertz CT molecular complexity index is 680. The Kier molecular flexibility index (Phi) is 4.06. The fourth-order valence-corrected chi connectivity index (χ4v) is 2.00. The monoisotopic (exact) mass is 289 g/mol. The first-order valence-corrected chi connectivity index (χ1v) is 6.34. The molecular formula is C17H14F3N. The van der Waals surface area contributed by atoms with Crippen LogP contribution in [0.15, 0.2) is 54.6 Å². The van der Waals surface area contributed by atoms with Crippen molar-refractivity contribution >= 4 is 0 Å². The molecule has 0 spiro atoms. The molecule has 0 aliphatic rings. The first kappa shape index (κ1) is 15.1. The van der Waals surface area contributed by atoms with Crippen LogP contribution in [-0.2, 0) is 5.54 Å². The summed E-state index contributed by atoms with van der Waals surface area (Å²) >= 11 is 0. The quantitative estimate of drug-likeness (QED) is 0.795. The minimum absolute atomic E-state index is 0.0269. The molecule has 2 rings (SSSR count). The van der Waals surface area contributed by atoms with E-state index in [1.54, 1.807) is 49.4 Å². The average molecular weight is 289 g/mol. The third kappa shape index (κ3) is 3.09. The largest absolute Gasteiger partial charge is 0.422 e. The van der Waals surface area contributed by atoms with E-state index in [4.69, 9.17) is 5.73 Å². The summed E-state index contributed by atoms with van der Waals surface area (Å²) in [6, 6.07) is 14.6. The van der Waals surface area contributed by atoms with Crippen LogP contribution in [0.1, 0.15) is 16.7 Å². The molecular weight excluding hydrogens is 275 g/mol. The highest BCUT2D eigenvalue weighted by Gasteiger charge is 2.53. The van der Waals surface area contributed by atoms with Gasteiger partial charge in [-0.1, -0.05) is 54.3 Å². The van der Waals surface area contributed by atoms with Gasteiger partial charge in [-0.2, -0.15) is 13.2 Å². The Morgan fingerprint density at radius 1 is 0.905 bits per heavy atom. The molecule has 1 nitrogen and oxygen atoms in total. The summed E-state index contributed by atoms with van der Waals surface area (Å²) in [7, 11) is 0. The minimum atomic E-state index is -4.67. The van der Waals surface area contributed by atoms with Crippen LogP contribution in [0.25, 0.3) is 0 Å². The summed E-state index contributed by atoms with van der Waals surface area (Å²) in [6.07, 6.45) is -4.67. The van der Waals surface area contributed by atoms with E-state index in [0.29, 0.717) is 11.1 Å². The Morgan fingerprint density at radius 2 is 1.48 bits per heavy atom. The van der Waals surface area contributed by atoms with Gasteiger partial charge >= 0.3 is 6.18 Å². The molecule has 1 atom stereocenters. The summed E-state index contributed by atoms with van der Waals surface area (Å²) in [5, 5.41) is 0. The van der Waals surface area contributed by atoms with Gasteiger partial charge in [0, 0.05) is 5.56 Å². The molecule has 0 radical (unpaired) electrons. The number of alkyl halides is 3. The fraction of sp³-hybridized carbons (Fsp3) is 0.176. The molecule has 2 N–H and O–H groups in total. The number of benzene rings is 2. The molecule has 0 fully saturated rings. The zero-order chi connectivity index (χ0) is 15.5. The van der Waals surface area contributed by atoms with Gasteiger partial charge in [-0.05, 0) is 30.2 Å². The maximum absolute atomic E-state index is 13.4. The first-order valence-electron chi connectivity index (χ1n) is 6.34. The lowest BCUT2D eigenvalue weighted by molar-refractivity contribution is -0.171. The predicted octanol–water partition coefficient (Wildman–Crippen LogP) is 3.76. The summed E-state index contributed by atoms with van der Waals surface area (Å²) in [6.45, 7) is 1.59. The maximum Gasteiger partial charge on any atom is 0.422 e. The van der Waals surface area contributed by atoms with Crippen LogP contribution in [-0.4, -0.2) is 6.18 Å². The number of hydrogen-bond donors (Lipinski definition) is 1. The summed E-state index contributed by atoms with van der Waals surface area (Å²) in [5.74, 6) is 4.73. The van der Waals surface area contributed by atoms with Gasteiger partial charge in [-0.25, -0.2) is 0 Å². The van der Waals surface area contributed by atoms with Gasteiger partial charge in [0.1, 0.15) is 0 Å². The minimum Gasteiger partial charge on any atom is -0.304 e. The van der Waals surface area contributed by atoms with Crippen molar-refractivity contribution in [3.63, 3.8) is 0 Å². The zero-order valence-electron chi connectivity index (χ0n) is 11.4. The highest BCUT2D eigenvalue weighted by atomic mass is 19.4. The number of halogens is 3. The van der Waals surface area contributed by atoms with E-state index in [9.17, 15) is 13.2 Å². The summed E-state index contributed by atoms with van der Waals surface area (Å²) in [5.41, 5.74) is 3.88. The molecule has 0 bridgehead atoms. The van der Waals surface area contributed by atoms with Gasteiger partial charge in [-0.3, -0.25) is 0 Å². The van der Waals surface area contributed by atoms with Crippen molar-refractivity contribution in [3.05, 3.63) is 71.3 Å². The van der Waals surface area contributed by atoms with E-state index < -0.39 is 11.7 Å². The van der Waals surface area contributed by atoms with E-state index in [1.165, 1.54) is 12.1 Å². The Labute approximate surface area is 121 Å². The SMILES string of the molecule is Cc1ccccc1C(N)(C#Cc1ccccc1)C(F)(F)F. The van der Waals surface area contributed by atoms with E-state index >= 15 is 0 Å². The number of nitrogens with two attached hydrogens (primary N) is 1. The van der Waals surface area contributed by atoms with E-state index in [2.05, 4.69) is 11.8 Å². The normalized spacial score (nSPS) is 14.0. The average Bonchev–Trinajstić information content (AvgIpc) is 2.45. The van der Waals surface area contributed by atoms with Crippen LogP contribution in [0.2, 0.25) is 0 Å². The van der Waals surface area contributed by atoms with Crippen LogP contribution < -0.4 is 5.73 Å². The molecule has 0 aromatic heterocycles. The van der Waals surface area contributed by atoms with Crippen molar-refractivity contribution in [2.45, 2.75) is 18.6 Å². The molecule has 0 aliphatic heterocycles. The lowest BCUT2D eigenvalue weighted by atomic mass is 9.87. The smallest absolute Gasteiger partial charge is 0.304 e. The molecule has 4 heteroatoms. The second-order valence-electron chi connectivity index (χ2n) is 4.74. The van der Waals surface area contributed by atoms with E-state index in [0.717, 1.165) is 0 Å². The van der Waals surface area contributed by atoms with Gasteiger partial charge in [0.25, 0.3) is 0 Å². The van der Waals surface area contributed by atoms with Crippen molar-refractivity contribution in [1.82, 2.24) is 0 Å². The molecule has 0 amide bonds. The topological polar surface area (TPSA) is 26.0 Å². The highest BCUT2D eigenvalue weighted by molar-refractivity contribution is 5.45. The molecule has 1 unspecified atom stereocenters. The zero-order valence-corrected chi connectivity index (χ0v) is 11.4. The third-order valence-corrected chi connectivity index (χ3v) is 3.19. The van der Waals surface area contributed by atoms with Crippen LogP contribution in [0.4, 0.5) is 13.2 Å². The molecule has 0 aliphatic carbocycles. The van der Waals surface area contributed by atoms with E-state index in [1.807, 2.05) is 0 Å². The number of aryl methyl sites for hydroxylation is 1. The molecule has 0 heterocycles. The fourth-order valence-electron chi connectivity index (χ4n) is 2.00. The lowest BCUT2D eigenvalue weighted by Crippen LogP contribution is -2.49. The number of rotatable bonds is 1. The van der Waals surface area contributed by atoms with Gasteiger partial charge in [-0.15, -0.1) is 0 Å². The third-order valence-electron chi connectivity index (χ3n) is 3.19. The highest BCUT2D eigenvalue weighted by Crippen LogP contribution is 2.37. The van der Waals surface area contributed by atoms with Gasteiger partial charge in [0.15, 0.2) is 0 Å². The van der Waals surface area contributed by atoms with Crippen LogP contribution in [0.5, 0.6) is 0 Å². The van der Waals surface area contributed by atoms with Crippen molar-refractivity contribution in [2.75, 3.05) is 0 Å². The Hall–Kier alpha value is -2.25. The molecule has 0 saturated heterocycles. The van der Waals surface area contributed by atoms with E-state index in [-0.39, 0.29) is 5.56 Å². The number of hydrogen-bond acceptors (Lipinski definition) is 1. The first-order chi connectivity index (χ1) is 9.84. The molecule has 2 aromatic carbocycles. The Morgan fingerprint density at radius 3 is 2.05 bits per heavy atom. The van der Waals surface area contributed by atoms with Gasteiger partial charge < -0.3 is 5.73 Å².